The molecule has 0 aliphatic heterocycles. The molecule has 0 spiro atoms. The lowest BCUT2D eigenvalue weighted by Gasteiger charge is -2.07. The minimum Gasteiger partial charge on any atom is -0.381 e. The van der Waals surface area contributed by atoms with E-state index in [0.29, 0.717) is 6.54 Å². The van der Waals surface area contributed by atoms with Crippen LogP contribution in [-0.4, -0.2) is 0 Å². The summed E-state index contributed by atoms with van der Waals surface area (Å²) in [6.45, 7) is 0.630. The first kappa shape index (κ1) is 11.0. The van der Waals surface area contributed by atoms with Crippen LogP contribution in [0.25, 0.3) is 0 Å². The first-order valence-corrected chi connectivity index (χ1v) is 5.36. The molecule has 2 rings (SSSR count). The Morgan fingerprint density at radius 1 is 1.00 bits per heavy atom. The number of hydrogen-bond acceptors (Lipinski definition) is 1. The Bertz CT molecular complexity index is 468. The van der Waals surface area contributed by atoms with Crippen molar-refractivity contribution in [2.45, 2.75) is 6.54 Å². The molecule has 0 atom stereocenters. The maximum Gasteiger partial charge on any atom is 0.123 e. The van der Waals surface area contributed by atoms with E-state index in [4.69, 9.17) is 11.6 Å². The molecule has 2 aromatic carbocycles. The summed E-state index contributed by atoms with van der Waals surface area (Å²) in [5, 5.41) is 3.91. The summed E-state index contributed by atoms with van der Waals surface area (Å²) in [4.78, 5) is 0. The van der Waals surface area contributed by atoms with Crippen molar-refractivity contribution in [1.29, 1.82) is 0 Å². The molecule has 0 aliphatic rings. The van der Waals surface area contributed by atoms with Gasteiger partial charge in [-0.25, -0.2) is 4.39 Å². The minimum atomic E-state index is -0.233. The fourth-order valence-corrected chi connectivity index (χ4v) is 1.61. The van der Waals surface area contributed by atoms with Crippen LogP contribution in [0, 0.1) is 5.82 Å². The van der Waals surface area contributed by atoms with Gasteiger partial charge < -0.3 is 5.32 Å². The van der Waals surface area contributed by atoms with E-state index in [1.165, 1.54) is 12.1 Å². The van der Waals surface area contributed by atoms with Crippen molar-refractivity contribution in [3.05, 3.63) is 64.9 Å². The second-order valence-electron chi connectivity index (χ2n) is 3.45. The molecule has 0 saturated carbocycles. The van der Waals surface area contributed by atoms with Gasteiger partial charge in [0, 0.05) is 17.3 Å². The van der Waals surface area contributed by atoms with Gasteiger partial charge in [-0.05, 0) is 35.9 Å². The third-order valence-electron chi connectivity index (χ3n) is 2.29. The Morgan fingerprint density at radius 2 is 1.69 bits per heavy atom. The van der Waals surface area contributed by atoms with Crippen LogP contribution in [0.4, 0.5) is 10.1 Å². The highest BCUT2D eigenvalue weighted by Gasteiger charge is 1.98. The van der Waals surface area contributed by atoms with Gasteiger partial charge in [0.2, 0.25) is 0 Å². The van der Waals surface area contributed by atoms with Crippen LogP contribution in [0.3, 0.4) is 0 Å². The van der Waals surface area contributed by atoms with Crippen molar-refractivity contribution in [2.24, 2.45) is 0 Å². The smallest absolute Gasteiger partial charge is 0.123 e. The largest absolute Gasteiger partial charge is 0.381 e. The van der Waals surface area contributed by atoms with Gasteiger partial charge in [-0.1, -0.05) is 29.8 Å². The number of anilines is 1. The molecule has 0 aliphatic carbocycles. The molecule has 82 valence electrons. The number of halogens is 2. The molecule has 2 aromatic rings. The van der Waals surface area contributed by atoms with Crippen LogP contribution in [-0.2, 0) is 6.54 Å². The van der Waals surface area contributed by atoms with E-state index in [-0.39, 0.29) is 5.82 Å². The van der Waals surface area contributed by atoms with Crippen LogP contribution >= 0.6 is 11.6 Å². The Kier molecular flexibility index (Phi) is 3.42. The molecule has 1 N–H and O–H groups in total. The summed E-state index contributed by atoms with van der Waals surface area (Å²) >= 11 is 6.02. The summed E-state index contributed by atoms with van der Waals surface area (Å²) in [6, 6.07) is 13.9. The van der Waals surface area contributed by atoms with Crippen molar-refractivity contribution in [3.63, 3.8) is 0 Å². The fraction of sp³-hybridized carbons (Fsp3) is 0.0769. The molecule has 16 heavy (non-hydrogen) atoms. The lowest BCUT2D eigenvalue weighted by Crippen LogP contribution is -1.99. The average molecular weight is 236 g/mol. The van der Waals surface area contributed by atoms with Crippen LogP contribution in [0.1, 0.15) is 5.56 Å². The van der Waals surface area contributed by atoms with Gasteiger partial charge in [0.05, 0.1) is 0 Å². The first-order chi connectivity index (χ1) is 7.75. The summed E-state index contributed by atoms with van der Waals surface area (Å²) in [6.07, 6.45) is 0. The van der Waals surface area contributed by atoms with E-state index in [0.717, 1.165) is 16.3 Å². The van der Waals surface area contributed by atoms with Gasteiger partial charge in [0.1, 0.15) is 5.82 Å². The third kappa shape index (κ3) is 2.74. The molecular weight excluding hydrogens is 225 g/mol. The predicted molar refractivity (Wildman–Crippen MR) is 65.2 cm³/mol. The summed E-state index contributed by atoms with van der Waals surface area (Å²) in [5.74, 6) is -0.233. The van der Waals surface area contributed by atoms with Crippen LogP contribution < -0.4 is 5.32 Å². The van der Waals surface area contributed by atoms with Crippen molar-refractivity contribution < 1.29 is 4.39 Å². The zero-order valence-corrected chi connectivity index (χ0v) is 9.34. The van der Waals surface area contributed by atoms with E-state index >= 15 is 0 Å². The minimum absolute atomic E-state index is 0.233. The Hall–Kier alpha value is -1.54. The van der Waals surface area contributed by atoms with Crippen molar-refractivity contribution in [2.75, 3.05) is 5.32 Å². The molecule has 0 saturated heterocycles. The highest BCUT2D eigenvalue weighted by molar-refractivity contribution is 6.31. The lowest BCUT2D eigenvalue weighted by atomic mass is 10.2. The monoisotopic (exact) mass is 235 g/mol. The van der Waals surface area contributed by atoms with Crippen LogP contribution in [0.15, 0.2) is 48.5 Å². The topological polar surface area (TPSA) is 12.0 Å². The van der Waals surface area contributed by atoms with E-state index < -0.39 is 0 Å². The van der Waals surface area contributed by atoms with Crippen LogP contribution in [0.2, 0.25) is 5.02 Å². The Morgan fingerprint density at radius 3 is 2.38 bits per heavy atom. The van der Waals surface area contributed by atoms with E-state index in [1.54, 1.807) is 12.1 Å². The van der Waals surface area contributed by atoms with Gasteiger partial charge in [-0.2, -0.15) is 0 Å². The molecule has 0 unspecified atom stereocenters. The van der Waals surface area contributed by atoms with Crippen molar-refractivity contribution >= 4 is 17.3 Å². The second-order valence-corrected chi connectivity index (χ2v) is 3.86. The Labute approximate surface area is 98.9 Å². The van der Waals surface area contributed by atoms with Crippen molar-refractivity contribution in [3.8, 4) is 0 Å². The predicted octanol–water partition coefficient (Wildman–Crippen LogP) is 4.09. The van der Waals surface area contributed by atoms with E-state index in [1.807, 2.05) is 24.3 Å². The standard InChI is InChI=1S/C13H11ClFN/c14-13-4-2-1-3-10(13)9-16-12-7-5-11(15)6-8-12/h1-8,16H,9H2. The molecule has 0 radical (unpaired) electrons. The molecule has 3 heteroatoms. The SMILES string of the molecule is Fc1ccc(NCc2ccccc2Cl)cc1. The molecule has 0 bridgehead atoms. The second kappa shape index (κ2) is 4.99. The fourth-order valence-electron chi connectivity index (χ4n) is 1.41. The lowest BCUT2D eigenvalue weighted by molar-refractivity contribution is 0.628. The maximum absolute atomic E-state index is 12.7. The highest BCUT2D eigenvalue weighted by Crippen LogP contribution is 2.17. The number of hydrogen-bond donors (Lipinski definition) is 1. The number of rotatable bonds is 3. The summed E-state index contributed by atoms with van der Waals surface area (Å²) in [7, 11) is 0. The molecule has 1 nitrogen and oxygen atoms in total. The van der Waals surface area contributed by atoms with Gasteiger partial charge >= 0.3 is 0 Å². The molecule has 0 fully saturated rings. The summed E-state index contributed by atoms with van der Waals surface area (Å²) < 4.78 is 12.7. The average Bonchev–Trinajstić information content (AvgIpc) is 2.30. The van der Waals surface area contributed by atoms with Gasteiger partial charge in [-0.3, -0.25) is 0 Å². The zero-order valence-electron chi connectivity index (χ0n) is 8.58. The molecule has 0 aromatic heterocycles. The van der Waals surface area contributed by atoms with Crippen LogP contribution in [0.5, 0.6) is 0 Å². The van der Waals surface area contributed by atoms with Gasteiger partial charge in [-0.15, -0.1) is 0 Å². The number of nitrogens with one attached hydrogen (secondary N) is 1. The highest BCUT2D eigenvalue weighted by atomic mass is 35.5. The van der Waals surface area contributed by atoms with Gasteiger partial charge in [0.15, 0.2) is 0 Å². The molecular formula is C13H11ClFN. The first-order valence-electron chi connectivity index (χ1n) is 4.98. The molecule has 0 heterocycles. The van der Waals surface area contributed by atoms with E-state index in [9.17, 15) is 4.39 Å². The third-order valence-corrected chi connectivity index (χ3v) is 2.65. The van der Waals surface area contributed by atoms with Crippen molar-refractivity contribution in [1.82, 2.24) is 0 Å². The van der Waals surface area contributed by atoms with Gasteiger partial charge in [0.25, 0.3) is 0 Å². The van der Waals surface area contributed by atoms with E-state index in [2.05, 4.69) is 5.32 Å². The number of benzene rings is 2. The zero-order chi connectivity index (χ0) is 11.4. The normalized spacial score (nSPS) is 10.1. The quantitative estimate of drug-likeness (QED) is 0.845. The summed E-state index contributed by atoms with van der Waals surface area (Å²) in [5.41, 5.74) is 1.90. The Balaban J connectivity index is 2.02. The molecule has 0 amide bonds. The maximum atomic E-state index is 12.7.